The fourth-order valence-corrected chi connectivity index (χ4v) is 3.02. The lowest BCUT2D eigenvalue weighted by molar-refractivity contribution is 0.0724. The van der Waals surface area contributed by atoms with Crippen molar-refractivity contribution in [2.45, 2.75) is 57.5 Å². The predicted octanol–water partition coefficient (Wildman–Crippen LogP) is 1.65. The standard InChI is InChI=1S/C11H22N2/c1-9(12)8-13-10-4-7-11(10)5-2-3-6-11/h9-10,13H,2-8,12H2,1H3/t9-,10?/m0/s1. The summed E-state index contributed by atoms with van der Waals surface area (Å²) >= 11 is 0. The van der Waals surface area contributed by atoms with Crippen molar-refractivity contribution >= 4 is 0 Å². The van der Waals surface area contributed by atoms with Gasteiger partial charge in [-0.25, -0.2) is 0 Å². The van der Waals surface area contributed by atoms with Gasteiger partial charge in [-0.05, 0) is 38.0 Å². The molecule has 76 valence electrons. The van der Waals surface area contributed by atoms with Crippen LogP contribution in [0.4, 0.5) is 0 Å². The Kier molecular flexibility index (Phi) is 2.61. The number of nitrogens with one attached hydrogen (secondary N) is 1. The van der Waals surface area contributed by atoms with Crippen LogP contribution in [0.25, 0.3) is 0 Å². The van der Waals surface area contributed by atoms with E-state index in [1.165, 1.54) is 38.5 Å². The molecule has 2 heteroatoms. The zero-order valence-corrected chi connectivity index (χ0v) is 8.68. The Bertz CT molecular complexity index is 171. The first-order valence-electron chi connectivity index (χ1n) is 5.72. The van der Waals surface area contributed by atoms with Crippen molar-refractivity contribution in [2.24, 2.45) is 11.1 Å². The minimum absolute atomic E-state index is 0.305. The van der Waals surface area contributed by atoms with Crippen molar-refractivity contribution in [2.75, 3.05) is 6.54 Å². The molecule has 13 heavy (non-hydrogen) atoms. The van der Waals surface area contributed by atoms with Crippen molar-refractivity contribution in [3.05, 3.63) is 0 Å². The fourth-order valence-electron chi connectivity index (χ4n) is 3.02. The average Bonchev–Trinajstić information content (AvgIpc) is 2.51. The summed E-state index contributed by atoms with van der Waals surface area (Å²) in [7, 11) is 0. The number of hydrogen-bond donors (Lipinski definition) is 2. The van der Waals surface area contributed by atoms with Gasteiger partial charge >= 0.3 is 0 Å². The third kappa shape index (κ3) is 1.75. The van der Waals surface area contributed by atoms with Crippen molar-refractivity contribution in [1.82, 2.24) is 5.32 Å². The van der Waals surface area contributed by atoms with Crippen LogP contribution >= 0.6 is 0 Å². The average molecular weight is 182 g/mol. The Hall–Kier alpha value is -0.0800. The molecule has 2 aliphatic rings. The largest absolute Gasteiger partial charge is 0.327 e. The molecule has 1 spiro atoms. The van der Waals surface area contributed by atoms with Crippen molar-refractivity contribution in [3.63, 3.8) is 0 Å². The van der Waals surface area contributed by atoms with Gasteiger partial charge in [0.15, 0.2) is 0 Å². The van der Waals surface area contributed by atoms with Gasteiger partial charge in [-0.15, -0.1) is 0 Å². The van der Waals surface area contributed by atoms with Gasteiger partial charge in [0.1, 0.15) is 0 Å². The molecule has 0 radical (unpaired) electrons. The third-order valence-corrected chi connectivity index (χ3v) is 3.96. The topological polar surface area (TPSA) is 38.0 Å². The highest BCUT2D eigenvalue weighted by atomic mass is 15.0. The molecule has 2 saturated carbocycles. The first kappa shape index (κ1) is 9.47. The molecule has 2 rings (SSSR count). The number of hydrogen-bond acceptors (Lipinski definition) is 2. The first-order valence-corrected chi connectivity index (χ1v) is 5.72. The van der Waals surface area contributed by atoms with Crippen molar-refractivity contribution in [1.29, 1.82) is 0 Å². The molecule has 0 aromatic rings. The summed E-state index contributed by atoms with van der Waals surface area (Å²) in [6, 6.07) is 1.10. The van der Waals surface area contributed by atoms with Crippen LogP contribution in [0, 0.1) is 5.41 Å². The van der Waals surface area contributed by atoms with E-state index >= 15 is 0 Å². The maximum Gasteiger partial charge on any atom is 0.0136 e. The monoisotopic (exact) mass is 182 g/mol. The second kappa shape index (κ2) is 3.58. The smallest absolute Gasteiger partial charge is 0.0136 e. The quantitative estimate of drug-likeness (QED) is 0.696. The second-order valence-corrected chi connectivity index (χ2v) is 5.05. The zero-order chi connectivity index (χ0) is 9.31. The Balaban J connectivity index is 1.80. The van der Waals surface area contributed by atoms with Crippen LogP contribution in [-0.4, -0.2) is 18.6 Å². The van der Waals surface area contributed by atoms with Gasteiger partial charge in [-0.2, -0.15) is 0 Å². The lowest BCUT2D eigenvalue weighted by Gasteiger charge is -2.48. The van der Waals surface area contributed by atoms with E-state index in [1.54, 1.807) is 0 Å². The summed E-state index contributed by atoms with van der Waals surface area (Å²) in [4.78, 5) is 0. The van der Waals surface area contributed by atoms with Crippen LogP contribution < -0.4 is 11.1 Å². The highest BCUT2D eigenvalue weighted by molar-refractivity contribution is 5.02. The van der Waals surface area contributed by atoms with Crippen LogP contribution in [0.1, 0.15) is 45.4 Å². The highest BCUT2D eigenvalue weighted by Gasteiger charge is 2.47. The van der Waals surface area contributed by atoms with Crippen LogP contribution in [0.15, 0.2) is 0 Å². The molecule has 2 aliphatic carbocycles. The molecule has 0 heterocycles. The summed E-state index contributed by atoms with van der Waals surface area (Å²) in [5.41, 5.74) is 6.45. The Morgan fingerprint density at radius 1 is 1.38 bits per heavy atom. The SMILES string of the molecule is C[C@H](N)CNC1CCC12CCCC2. The van der Waals surface area contributed by atoms with E-state index in [4.69, 9.17) is 5.73 Å². The molecular formula is C11H22N2. The van der Waals surface area contributed by atoms with Crippen molar-refractivity contribution in [3.8, 4) is 0 Å². The summed E-state index contributed by atoms with van der Waals surface area (Å²) in [6.45, 7) is 3.07. The van der Waals surface area contributed by atoms with E-state index in [9.17, 15) is 0 Å². The number of rotatable bonds is 3. The van der Waals surface area contributed by atoms with E-state index in [0.717, 1.165) is 12.6 Å². The van der Waals surface area contributed by atoms with Crippen LogP contribution in [0.5, 0.6) is 0 Å². The normalized spacial score (nSPS) is 33.2. The van der Waals surface area contributed by atoms with Gasteiger partial charge in [0.05, 0.1) is 0 Å². The molecule has 2 atom stereocenters. The minimum atomic E-state index is 0.305. The molecule has 0 aromatic carbocycles. The molecule has 0 saturated heterocycles. The third-order valence-electron chi connectivity index (χ3n) is 3.96. The lowest BCUT2D eigenvalue weighted by atomic mass is 9.63. The summed E-state index contributed by atoms with van der Waals surface area (Å²) in [6.07, 6.45) is 8.68. The van der Waals surface area contributed by atoms with Gasteiger partial charge in [0.2, 0.25) is 0 Å². The van der Waals surface area contributed by atoms with Gasteiger partial charge in [0, 0.05) is 18.6 Å². The van der Waals surface area contributed by atoms with E-state index in [1.807, 2.05) is 0 Å². The van der Waals surface area contributed by atoms with Crippen LogP contribution in [0.2, 0.25) is 0 Å². The maximum absolute atomic E-state index is 5.74. The van der Waals surface area contributed by atoms with Gasteiger partial charge in [-0.1, -0.05) is 12.8 Å². The zero-order valence-electron chi connectivity index (χ0n) is 8.68. The molecule has 2 fully saturated rings. The Labute approximate surface area is 81.3 Å². The molecular weight excluding hydrogens is 160 g/mol. The Morgan fingerprint density at radius 3 is 2.54 bits per heavy atom. The fraction of sp³-hybridized carbons (Fsp3) is 1.00. The van der Waals surface area contributed by atoms with Gasteiger partial charge in [-0.3, -0.25) is 0 Å². The van der Waals surface area contributed by atoms with E-state index < -0.39 is 0 Å². The van der Waals surface area contributed by atoms with Gasteiger partial charge in [0.25, 0.3) is 0 Å². The molecule has 0 bridgehead atoms. The van der Waals surface area contributed by atoms with Crippen LogP contribution in [-0.2, 0) is 0 Å². The van der Waals surface area contributed by atoms with Gasteiger partial charge < -0.3 is 11.1 Å². The maximum atomic E-state index is 5.74. The van der Waals surface area contributed by atoms with Crippen LogP contribution in [0.3, 0.4) is 0 Å². The highest BCUT2D eigenvalue weighted by Crippen LogP contribution is 2.53. The summed E-state index contributed by atoms with van der Waals surface area (Å²) in [5, 5.41) is 3.63. The van der Waals surface area contributed by atoms with E-state index in [-0.39, 0.29) is 0 Å². The summed E-state index contributed by atoms with van der Waals surface area (Å²) < 4.78 is 0. The Morgan fingerprint density at radius 2 is 2.08 bits per heavy atom. The molecule has 0 aliphatic heterocycles. The predicted molar refractivity (Wildman–Crippen MR) is 55.6 cm³/mol. The molecule has 0 aromatic heterocycles. The molecule has 2 nitrogen and oxygen atoms in total. The minimum Gasteiger partial charge on any atom is -0.327 e. The number of nitrogens with two attached hydrogens (primary N) is 1. The second-order valence-electron chi connectivity index (χ2n) is 5.05. The molecule has 3 N–H and O–H groups in total. The first-order chi connectivity index (χ1) is 6.23. The van der Waals surface area contributed by atoms with E-state index in [2.05, 4.69) is 12.2 Å². The molecule has 0 amide bonds. The lowest BCUT2D eigenvalue weighted by Crippen LogP contribution is -2.54. The summed E-state index contributed by atoms with van der Waals surface area (Å²) in [5.74, 6) is 0. The van der Waals surface area contributed by atoms with E-state index in [0.29, 0.717) is 11.5 Å². The molecule has 1 unspecified atom stereocenters. The van der Waals surface area contributed by atoms with Crippen molar-refractivity contribution < 1.29 is 0 Å².